The fourth-order valence-electron chi connectivity index (χ4n) is 3.65. The van der Waals surface area contributed by atoms with E-state index in [1.54, 1.807) is 7.11 Å². The lowest BCUT2D eigenvalue weighted by atomic mass is 10.0. The maximum absolute atomic E-state index is 11.3. The first-order valence-electron chi connectivity index (χ1n) is 12.6. The lowest BCUT2D eigenvalue weighted by Gasteiger charge is -2.13. The fourth-order valence-corrected chi connectivity index (χ4v) is 3.65. The van der Waals surface area contributed by atoms with Gasteiger partial charge in [0.25, 0.3) is 0 Å². The maximum Gasteiger partial charge on any atom is 0.332 e. The summed E-state index contributed by atoms with van der Waals surface area (Å²) in [6, 6.07) is 0. The predicted octanol–water partition coefficient (Wildman–Crippen LogP) is 6.77. The molecule has 0 saturated heterocycles. The van der Waals surface area contributed by atoms with Crippen molar-refractivity contribution in [1.82, 2.24) is 0 Å². The second kappa shape index (κ2) is 24.6. The first kappa shape index (κ1) is 29.4. The number of hydrogen-bond donors (Lipinski definition) is 1. The van der Waals surface area contributed by atoms with Crippen LogP contribution < -0.4 is 0 Å². The molecular formula is C25H50O5. The van der Waals surface area contributed by atoms with Crippen molar-refractivity contribution in [2.24, 2.45) is 0 Å². The zero-order valence-corrected chi connectivity index (χ0v) is 20.0. The Morgan fingerprint density at radius 2 is 1.10 bits per heavy atom. The number of hydrogen-bond acceptors (Lipinski definition) is 4. The van der Waals surface area contributed by atoms with Crippen molar-refractivity contribution >= 4 is 5.97 Å². The molecule has 0 aliphatic carbocycles. The standard InChI is InChI=1S/C25H50O5/c1-3-4-5-6-7-8-9-10-11-12-13-14-15-16-17-18-19-24(25(26)27)30-23-22-29-21-20-28-2/h24H,3-23H2,1-2H3,(H,26,27). The lowest BCUT2D eigenvalue weighted by molar-refractivity contribution is -0.152. The van der Waals surface area contributed by atoms with E-state index in [9.17, 15) is 9.90 Å². The third kappa shape index (κ3) is 22.0. The first-order chi connectivity index (χ1) is 14.7. The molecule has 0 aliphatic heterocycles. The molecule has 0 radical (unpaired) electrons. The molecular weight excluding hydrogens is 380 g/mol. The highest BCUT2D eigenvalue weighted by molar-refractivity contribution is 5.72. The van der Waals surface area contributed by atoms with E-state index in [2.05, 4.69) is 6.92 Å². The fraction of sp³-hybridized carbons (Fsp3) is 0.960. The van der Waals surface area contributed by atoms with Crippen LogP contribution in [0.1, 0.15) is 116 Å². The minimum atomic E-state index is -0.868. The van der Waals surface area contributed by atoms with Crippen molar-refractivity contribution in [2.75, 3.05) is 33.5 Å². The molecule has 0 aromatic rings. The molecule has 0 saturated carbocycles. The van der Waals surface area contributed by atoms with Crippen molar-refractivity contribution in [3.05, 3.63) is 0 Å². The Bertz CT molecular complexity index is 348. The Balaban J connectivity index is 3.34. The van der Waals surface area contributed by atoms with Crippen molar-refractivity contribution in [2.45, 2.75) is 122 Å². The van der Waals surface area contributed by atoms with Gasteiger partial charge in [-0.3, -0.25) is 0 Å². The van der Waals surface area contributed by atoms with E-state index in [1.165, 1.54) is 89.9 Å². The summed E-state index contributed by atoms with van der Waals surface area (Å²) in [5.74, 6) is -0.868. The lowest BCUT2D eigenvalue weighted by Crippen LogP contribution is -2.25. The van der Waals surface area contributed by atoms with Gasteiger partial charge in [-0.15, -0.1) is 0 Å². The summed E-state index contributed by atoms with van der Waals surface area (Å²) >= 11 is 0. The van der Waals surface area contributed by atoms with Gasteiger partial charge in [-0.2, -0.15) is 0 Å². The highest BCUT2D eigenvalue weighted by Crippen LogP contribution is 2.15. The van der Waals surface area contributed by atoms with Crippen LogP contribution in [0, 0.1) is 0 Å². The Morgan fingerprint density at radius 3 is 1.53 bits per heavy atom. The first-order valence-corrected chi connectivity index (χ1v) is 12.6. The molecule has 0 amide bonds. The molecule has 1 atom stereocenters. The van der Waals surface area contributed by atoms with Crippen LogP contribution >= 0.6 is 0 Å². The SMILES string of the molecule is CCCCCCCCCCCCCCCCCCC(OCCOCCOC)C(=O)O. The van der Waals surface area contributed by atoms with E-state index in [1.807, 2.05) is 0 Å². The Kier molecular flexibility index (Phi) is 24.1. The smallest absolute Gasteiger partial charge is 0.332 e. The van der Waals surface area contributed by atoms with E-state index in [4.69, 9.17) is 14.2 Å². The van der Waals surface area contributed by atoms with Gasteiger partial charge in [0.05, 0.1) is 26.4 Å². The molecule has 1 N–H and O–H groups in total. The number of carboxylic acid groups (broad SMARTS) is 1. The molecule has 0 bridgehead atoms. The van der Waals surface area contributed by atoms with Crippen molar-refractivity contribution < 1.29 is 24.1 Å². The number of carboxylic acids is 1. The molecule has 180 valence electrons. The third-order valence-electron chi connectivity index (χ3n) is 5.57. The van der Waals surface area contributed by atoms with Crippen LogP contribution in [0.3, 0.4) is 0 Å². The van der Waals surface area contributed by atoms with Crippen LogP contribution in [0.4, 0.5) is 0 Å². The van der Waals surface area contributed by atoms with E-state index < -0.39 is 12.1 Å². The summed E-state index contributed by atoms with van der Waals surface area (Å²) in [5, 5.41) is 9.25. The number of ether oxygens (including phenoxy) is 3. The summed E-state index contributed by atoms with van der Waals surface area (Å²) in [5.41, 5.74) is 0. The van der Waals surface area contributed by atoms with Gasteiger partial charge in [-0.25, -0.2) is 4.79 Å². The van der Waals surface area contributed by atoms with E-state index in [-0.39, 0.29) is 0 Å². The molecule has 30 heavy (non-hydrogen) atoms. The van der Waals surface area contributed by atoms with Gasteiger partial charge in [0, 0.05) is 7.11 Å². The van der Waals surface area contributed by atoms with Gasteiger partial charge < -0.3 is 19.3 Å². The minimum Gasteiger partial charge on any atom is -0.479 e. The Hall–Kier alpha value is -0.650. The Labute approximate surface area is 186 Å². The average Bonchev–Trinajstić information content (AvgIpc) is 2.74. The van der Waals surface area contributed by atoms with E-state index in [0.717, 1.165) is 12.8 Å². The molecule has 0 aromatic carbocycles. The van der Waals surface area contributed by atoms with Crippen LogP contribution in [-0.2, 0) is 19.0 Å². The highest BCUT2D eigenvalue weighted by atomic mass is 16.6. The topological polar surface area (TPSA) is 65.0 Å². The maximum atomic E-state index is 11.3. The molecule has 1 unspecified atom stereocenters. The second-order valence-electron chi connectivity index (χ2n) is 8.39. The van der Waals surface area contributed by atoms with E-state index in [0.29, 0.717) is 32.8 Å². The summed E-state index contributed by atoms with van der Waals surface area (Å²) < 4.78 is 15.6. The molecule has 5 heteroatoms. The zero-order valence-electron chi connectivity index (χ0n) is 20.0. The van der Waals surface area contributed by atoms with Gasteiger partial charge in [-0.1, -0.05) is 110 Å². The third-order valence-corrected chi connectivity index (χ3v) is 5.57. The van der Waals surface area contributed by atoms with Gasteiger partial charge in [0.1, 0.15) is 0 Å². The number of rotatable bonds is 25. The van der Waals surface area contributed by atoms with Gasteiger partial charge >= 0.3 is 5.97 Å². The van der Waals surface area contributed by atoms with Crippen LogP contribution in [0.5, 0.6) is 0 Å². The van der Waals surface area contributed by atoms with Crippen LogP contribution in [0.15, 0.2) is 0 Å². The second-order valence-corrected chi connectivity index (χ2v) is 8.39. The van der Waals surface area contributed by atoms with Gasteiger partial charge in [-0.05, 0) is 6.42 Å². The summed E-state index contributed by atoms with van der Waals surface area (Å²) in [6.07, 6.45) is 21.0. The molecule has 0 spiro atoms. The van der Waals surface area contributed by atoms with Gasteiger partial charge in [0.15, 0.2) is 6.10 Å². The molecule has 5 nitrogen and oxygen atoms in total. The zero-order chi connectivity index (χ0) is 22.1. The normalized spacial score (nSPS) is 12.3. The molecule has 0 aliphatic rings. The number of methoxy groups -OCH3 is 1. The predicted molar refractivity (Wildman–Crippen MR) is 124 cm³/mol. The van der Waals surface area contributed by atoms with Crippen LogP contribution in [-0.4, -0.2) is 50.7 Å². The van der Waals surface area contributed by atoms with Crippen molar-refractivity contribution in [3.63, 3.8) is 0 Å². The Morgan fingerprint density at radius 1 is 0.667 bits per heavy atom. The number of aliphatic carboxylic acids is 1. The largest absolute Gasteiger partial charge is 0.479 e. The highest BCUT2D eigenvalue weighted by Gasteiger charge is 2.17. The minimum absolute atomic E-state index is 0.319. The molecule has 0 fully saturated rings. The monoisotopic (exact) mass is 430 g/mol. The van der Waals surface area contributed by atoms with Crippen LogP contribution in [0.2, 0.25) is 0 Å². The van der Waals surface area contributed by atoms with Gasteiger partial charge in [0.2, 0.25) is 0 Å². The number of carbonyl (C=O) groups is 1. The molecule has 0 aromatic heterocycles. The summed E-state index contributed by atoms with van der Waals surface area (Å²) in [7, 11) is 1.62. The quantitative estimate of drug-likeness (QED) is 0.162. The number of unbranched alkanes of at least 4 members (excludes halogenated alkanes) is 15. The van der Waals surface area contributed by atoms with E-state index >= 15 is 0 Å². The summed E-state index contributed by atoms with van der Waals surface area (Å²) in [4.78, 5) is 11.3. The van der Waals surface area contributed by atoms with Crippen molar-refractivity contribution in [1.29, 1.82) is 0 Å². The molecule has 0 heterocycles. The summed E-state index contributed by atoms with van der Waals surface area (Å²) in [6.45, 7) is 4.05. The van der Waals surface area contributed by atoms with Crippen molar-refractivity contribution in [3.8, 4) is 0 Å². The molecule has 0 rings (SSSR count). The average molecular weight is 431 g/mol. The van der Waals surface area contributed by atoms with Crippen LogP contribution in [0.25, 0.3) is 0 Å².